The molecule has 14 nitrogen and oxygen atoms in total. The van der Waals surface area contributed by atoms with Gasteiger partial charge in [-0.3, -0.25) is 24.0 Å². The van der Waals surface area contributed by atoms with Gasteiger partial charge in [0.15, 0.2) is 0 Å². The molecular weight excluding hydrogens is 580 g/mol. The number of benzene rings is 1. The summed E-state index contributed by atoms with van der Waals surface area (Å²) in [6, 6.07) is 4.47. The third kappa shape index (κ3) is 11.1. The number of rotatable bonds is 16. The zero-order valence-electron chi connectivity index (χ0n) is 24.6. The molecule has 0 unspecified atom stereocenters. The van der Waals surface area contributed by atoms with Crippen molar-refractivity contribution in [2.24, 2.45) is 11.7 Å². The van der Waals surface area contributed by atoms with E-state index in [0.717, 1.165) is 4.90 Å². The smallest absolute Gasteiger partial charge is 0.326 e. The first kappa shape index (κ1) is 35.5. The van der Waals surface area contributed by atoms with Gasteiger partial charge in [0.2, 0.25) is 29.5 Å². The second-order valence-electron chi connectivity index (χ2n) is 10.6. The summed E-state index contributed by atoms with van der Waals surface area (Å²) < 4.78 is 0. The molecule has 43 heavy (non-hydrogen) atoms. The van der Waals surface area contributed by atoms with Gasteiger partial charge in [0.1, 0.15) is 24.2 Å². The fraction of sp³-hybridized carbons (Fsp3) is 0.571. The summed E-state index contributed by atoms with van der Waals surface area (Å²) in [6.45, 7) is 2.46. The molecule has 0 aliphatic carbocycles. The fourth-order valence-corrected chi connectivity index (χ4v) is 5.08. The Morgan fingerprint density at radius 3 is 2.26 bits per heavy atom. The Labute approximate surface area is 254 Å². The standard InChI is InChI=1S/C28H42N6O8S/c1-16(2)24(33-22(36)13-29)26(39)32-19(9-10-43-3)25(38)30-14-23(37)31-20(11-17-7-5-4-6-8-17)27(40)34-15-18(35)12-21(34)28(41)42/h4-8,16,18-21,24,35H,9-15,29H2,1-3H3,(H,30,38)(H,31,37)(H,32,39)(H,33,36)(H,41,42)/t18-,19+,20+,21+,24+/m1/s1. The van der Waals surface area contributed by atoms with Gasteiger partial charge in [0.25, 0.3) is 0 Å². The van der Waals surface area contributed by atoms with E-state index < -0.39 is 72.3 Å². The first-order valence-electron chi connectivity index (χ1n) is 14.0. The number of nitrogens with one attached hydrogen (secondary N) is 4. The molecule has 1 aromatic carbocycles. The van der Waals surface area contributed by atoms with Gasteiger partial charge in [-0.15, -0.1) is 0 Å². The Morgan fingerprint density at radius 2 is 1.67 bits per heavy atom. The van der Waals surface area contributed by atoms with E-state index in [2.05, 4.69) is 21.3 Å². The zero-order valence-corrected chi connectivity index (χ0v) is 25.4. The topological polar surface area (TPSA) is 220 Å². The molecule has 15 heteroatoms. The molecule has 1 heterocycles. The van der Waals surface area contributed by atoms with Crippen molar-refractivity contribution in [2.75, 3.05) is 31.6 Å². The van der Waals surface area contributed by atoms with Crippen molar-refractivity contribution >= 4 is 47.3 Å². The SMILES string of the molecule is CSCC[C@H](NC(=O)[C@@H](NC(=O)CN)C(C)C)C(=O)NCC(=O)N[C@@H](Cc1ccccc1)C(=O)N1C[C@H](O)C[C@H]1C(=O)O. The predicted octanol–water partition coefficient (Wildman–Crippen LogP) is -1.79. The number of aliphatic hydroxyl groups excluding tert-OH is 1. The van der Waals surface area contributed by atoms with Crippen LogP contribution in [0, 0.1) is 5.92 Å². The van der Waals surface area contributed by atoms with E-state index in [0.29, 0.717) is 11.3 Å². The number of aliphatic hydroxyl groups is 1. The number of carbonyl (C=O) groups is 6. The van der Waals surface area contributed by atoms with E-state index in [1.807, 2.05) is 6.26 Å². The van der Waals surface area contributed by atoms with Gasteiger partial charge in [-0.1, -0.05) is 44.2 Å². The number of likely N-dealkylation sites (tertiary alicyclic amines) is 1. The highest BCUT2D eigenvalue weighted by molar-refractivity contribution is 7.98. The molecule has 0 spiro atoms. The van der Waals surface area contributed by atoms with Crippen LogP contribution in [0.5, 0.6) is 0 Å². The molecule has 1 aromatic rings. The van der Waals surface area contributed by atoms with Gasteiger partial charge in [0.05, 0.1) is 19.2 Å². The number of carboxylic acids is 1. The number of aliphatic carboxylic acids is 1. The maximum absolute atomic E-state index is 13.4. The highest BCUT2D eigenvalue weighted by Gasteiger charge is 2.41. The normalized spacial score (nSPS) is 18.3. The monoisotopic (exact) mass is 622 g/mol. The van der Waals surface area contributed by atoms with Crippen LogP contribution >= 0.6 is 11.8 Å². The molecule has 1 aliphatic rings. The lowest BCUT2D eigenvalue weighted by Gasteiger charge is -2.27. The molecule has 0 bridgehead atoms. The highest BCUT2D eigenvalue weighted by atomic mass is 32.2. The van der Waals surface area contributed by atoms with Gasteiger partial charge >= 0.3 is 5.97 Å². The first-order chi connectivity index (χ1) is 20.4. The second-order valence-corrected chi connectivity index (χ2v) is 11.6. The van der Waals surface area contributed by atoms with Crippen LogP contribution in [0.1, 0.15) is 32.3 Å². The van der Waals surface area contributed by atoms with Crippen molar-refractivity contribution in [3.63, 3.8) is 0 Å². The fourth-order valence-electron chi connectivity index (χ4n) is 4.61. The van der Waals surface area contributed by atoms with Gasteiger partial charge in [-0.2, -0.15) is 11.8 Å². The maximum atomic E-state index is 13.4. The molecule has 2 rings (SSSR count). The van der Waals surface area contributed by atoms with Crippen LogP contribution in [-0.2, 0) is 35.2 Å². The molecule has 0 radical (unpaired) electrons. The van der Waals surface area contributed by atoms with Crippen LogP contribution in [0.2, 0.25) is 0 Å². The molecule has 8 N–H and O–H groups in total. The molecule has 1 aliphatic heterocycles. The maximum Gasteiger partial charge on any atom is 0.326 e. The minimum atomic E-state index is -1.26. The summed E-state index contributed by atoms with van der Waals surface area (Å²) in [5.74, 6) is -4.14. The number of hydrogen-bond acceptors (Lipinski definition) is 9. The second kappa shape index (κ2) is 17.4. The Hall–Kier alpha value is -3.69. The third-order valence-electron chi connectivity index (χ3n) is 6.88. The third-order valence-corrected chi connectivity index (χ3v) is 7.52. The number of β-amino-alcohol motifs (C(OH)–C–C–N with tert-alkyl or cyclic N) is 1. The molecule has 0 saturated carbocycles. The quantitative estimate of drug-likeness (QED) is 0.110. The van der Waals surface area contributed by atoms with Crippen LogP contribution in [-0.4, -0.2) is 113 Å². The van der Waals surface area contributed by atoms with E-state index >= 15 is 0 Å². The van der Waals surface area contributed by atoms with Gasteiger partial charge in [0, 0.05) is 19.4 Å². The van der Waals surface area contributed by atoms with Crippen molar-refractivity contribution in [3.05, 3.63) is 35.9 Å². The largest absolute Gasteiger partial charge is 0.480 e. The Morgan fingerprint density at radius 1 is 1.00 bits per heavy atom. The van der Waals surface area contributed by atoms with Crippen LogP contribution < -0.4 is 27.0 Å². The predicted molar refractivity (Wildman–Crippen MR) is 160 cm³/mol. The summed E-state index contributed by atoms with van der Waals surface area (Å²) in [5.41, 5.74) is 6.06. The van der Waals surface area contributed by atoms with E-state index in [9.17, 15) is 39.0 Å². The Balaban J connectivity index is 2.12. The van der Waals surface area contributed by atoms with Crippen molar-refractivity contribution in [1.82, 2.24) is 26.2 Å². The lowest BCUT2D eigenvalue weighted by molar-refractivity contribution is -0.149. The number of carboxylic acid groups (broad SMARTS) is 1. The molecule has 1 fully saturated rings. The van der Waals surface area contributed by atoms with Crippen LogP contribution in [0.25, 0.3) is 0 Å². The van der Waals surface area contributed by atoms with Gasteiger partial charge < -0.3 is 42.1 Å². The van der Waals surface area contributed by atoms with Crippen LogP contribution in [0.15, 0.2) is 30.3 Å². The first-order valence-corrected chi connectivity index (χ1v) is 15.4. The number of nitrogens with two attached hydrogens (primary N) is 1. The van der Waals surface area contributed by atoms with E-state index in [4.69, 9.17) is 5.73 Å². The van der Waals surface area contributed by atoms with Crippen molar-refractivity contribution in [3.8, 4) is 0 Å². The highest BCUT2D eigenvalue weighted by Crippen LogP contribution is 2.20. The number of hydrogen-bond donors (Lipinski definition) is 7. The molecular formula is C28H42N6O8S. The van der Waals surface area contributed by atoms with Crippen LogP contribution in [0.3, 0.4) is 0 Å². The molecule has 238 valence electrons. The van der Waals surface area contributed by atoms with Crippen molar-refractivity contribution < 1.29 is 39.0 Å². The molecule has 0 aromatic heterocycles. The Bertz CT molecular complexity index is 1140. The minimum Gasteiger partial charge on any atom is -0.480 e. The summed E-state index contributed by atoms with van der Waals surface area (Å²) in [7, 11) is 0. The minimum absolute atomic E-state index is 0.0514. The van der Waals surface area contributed by atoms with Crippen LogP contribution in [0.4, 0.5) is 0 Å². The lowest BCUT2D eigenvalue weighted by Crippen LogP contribution is -2.57. The number of thioether (sulfide) groups is 1. The molecule has 5 amide bonds. The van der Waals surface area contributed by atoms with Crippen molar-refractivity contribution in [1.29, 1.82) is 0 Å². The summed E-state index contributed by atoms with van der Waals surface area (Å²) in [4.78, 5) is 76.9. The summed E-state index contributed by atoms with van der Waals surface area (Å²) in [6.07, 6.45) is 1.000. The van der Waals surface area contributed by atoms with Gasteiger partial charge in [-0.05, 0) is 29.9 Å². The summed E-state index contributed by atoms with van der Waals surface area (Å²) in [5, 5.41) is 29.8. The number of amides is 5. The average molecular weight is 623 g/mol. The molecule has 1 saturated heterocycles. The van der Waals surface area contributed by atoms with Gasteiger partial charge in [-0.25, -0.2) is 4.79 Å². The lowest BCUT2D eigenvalue weighted by atomic mass is 10.0. The number of carbonyl (C=O) groups excluding carboxylic acids is 5. The van der Waals surface area contributed by atoms with E-state index in [1.54, 1.807) is 44.2 Å². The molecule has 5 atom stereocenters. The summed E-state index contributed by atoms with van der Waals surface area (Å²) >= 11 is 1.46. The van der Waals surface area contributed by atoms with E-state index in [-0.39, 0.29) is 38.3 Å². The zero-order chi connectivity index (χ0) is 32.1. The average Bonchev–Trinajstić information content (AvgIpc) is 3.38. The number of nitrogens with zero attached hydrogens (tertiary/aromatic N) is 1. The van der Waals surface area contributed by atoms with E-state index in [1.165, 1.54) is 11.8 Å². The Kier molecular flexibility index (Phi) is 14.4. The van der Waals surface area contributed by atoms with Crippen molar-refractivity contribution in [2.45, 2.75) is 63.4 Å².